The van der Waals surface area contributed by atoms with Gasteiger partial charge in [0.05, 0.1) is 13.0 Å². The minimum absolute atomic E-state index is 0.0362. The van der Waals surface area contributed by atoms with Gasteiger partial charge in [0, 0.05) is 25.4 Å². The first-order chi connectivity index (χ1) is 21.8. The van der Waals surface area contributed by atoms with E-state index < -0.39 is 66.6 Å². The van der Waals surface area contributed by atoms with Crippen LogP contribution >= 0.6 is 0 Å². The number of carboxylic acids is 1. The zero-order valence-electron chi connectivity index (χ0n) is 26.7. The quantitative estimate of drug-likeness (QED) is 0.0946. The van der Waals surface area contributed by atoms with Crippen LogP contribution < -0.4 is 38.1 Å². The van der Waals surface area contributed by atoms with Crippen LogP contribution in [0.5, 0.6) is 0 Å². The summed E-state index contributed by atoms with van der Waals surface area (Å²) in [7, 11) is 0. The number of carbonyl (C=O) groups excluding carboxylic acids is 5. The second kappa shape index (κ2) is 19.0. The fraction of sp³-hybridized carbons (Fsp3) is 0.581. The van der Waals surface area contributed by atoms with E-state index in [0.29, 0.717) is 19.3 Å². The molecule has 46 heavy (non-hydrogen) atoms. The highest BCUT2D eigenvalue weighted by Gasteiger charge is 2.31. The van der Waals surface area contributed by atoms with E-state index in [4.69, 9.17) is 11.5 Å². The summed E-state index contributed by atoms with van der Waals surface area (Å²) in [5, 5.41) is 22.5. The van der Waals surface area contributed by atoms with Crippen molar-refractivity contribution in [2.24, 2.45) is 34.2 Å². The minimum Gasteiger partial charge on any atom is -0.481 e. The second-order valence-corrected chi connectivity index (χ2v) is 12.0. The van der Waals surface area contributed by atoms with Crippen molar-refractivity contribution in [3.05, 3.63) is 35.9 Å². The number of aliphatic imine (C=N–C) groups is 1. The van der Waals surface area contributed by atoms with Crippen molar-refractivity contribution < 1.29 is 33.9 Å². The lowest BCUT2D eigenvalue weighted by molar-refractivity contribution is -0.141. The Morgan fingerprint density at radius 1 is 0.891 bits per heavy atom. The van der Waals surface area contributed by atoms with Crippen LogP contribution in [0.4, 0.5) is 0 Å². The van der Waals surface area contributed by atoms with Crippen LogP contribution in [-0.2, 0) is 35.2 Å². The Bertz CT molecular complexity index is 1240. The average Bonchev–Trinajstić information content (AvgIpc) is 2.99. The first-order valence-corrected chi connectivity index (χ1v) is 15.5. The number of rotatable bonds is 9. The van der Waals surface area contributed by atoms with Gasteiger partial charge in [0.25, 0.3) is 0 Å². The fourth-order valence-electron chi connectivity index (χ4n) is 5.03. The monoisotopic (exact) mass is 644 g/mol. The Morgan fingerprint density at radius 2 is 1.54 bits per heavy atom. The molecular weight excluding hydrogens is 596 g/mol. The van der Waals surface area contributed by atoms with Gasteiger partial charge in [0.1, 0.15) is 18.1 Å². The van der Waals surface area contributed by atoms with Crippen molar-refractivity contribution in [3.63, 3.8) is 0 Å². The maximum atomic E-state index is 13.4. The molecule has 1 heterocycles. The summed E-state index contributed by atoms with van der Waals surface area (Å²) in [6.45, 7) is 5.64. The van der Waals surface area contributed by atoms with Gasteiger partial charge < -0.3 is 43.2 Å². The van der Waals surface area contributed by atoms with Crippen LogP contribution in [0.2, 0.25) is 0 Å². The van der Waals surface area contributed by atoms with E-state index in [2.05, 4.69) is 31.6 Å². The summed E-state index contributed by atoms with van der Waals surface area (Å²) in [6.07, 6.45) is 0.977. The maximum Gasteiger partial charge on any atom is 0.305 e. The van der Waals surface area contributed by atoms with Gasteiger partial charge in [0.2, 0.25) is 29.5 Å². The van der Waals surface area contributed by atoms with E-state index in [9.17, 15) is 33.9 Å². The molecule has 0 aliphatic carbocycles. The summed E-state index contributed by atoms with van der Waals surface area (Å²) in [5.74, 6) is -5.13. The Hall–Kier alpha value is -4.69. The normalized spacial score (nSPS) is 24.2. The number of nitrogens with two attached hydrogens (primary N) is 2. The zero-order chi connectivity index (χ0) is 34.2. The maximum absolute atomic E-state index is 13.4. The Morgan fingerprint density at radius 3 is 2.17 bits per heavy atom. The molecule has 0 radical (unpaired) electrons. The van der Waals surface area contributed by atoms with Crippen molar-refractivity contribution in [1.29, 1.82) is 0 Å². The van der Waals surface area contributed by atoms with Crippen LogP contribution in [0.1, 0.15) is 58.4 Å². The van der Waals surface area contributed by atoms with Crippen molar-refractivity contribution in [2.45, 2.75) is 77.4 Å². The molecule has 0 spiro atoms. The van der Waals surface area contributed by atoms with Gasteiger partial charge in [-0.1, -0.05) is 51.1 Å². The molecule has 1 aromatic carbocycles. The molecule has 1 aliphatic heterocycles. The van der Waals surface area contributed by atoms with E-state index in [1.54, 1.807) is 24.3 Å². The third kappa shape index (κ3) is 13.5. The minimum atomic E-state index is -1.53. The smallest absolute Gasteiger partial charge is 0.305 e. The molecule has 5 atom stereocenters. The molecule has 15 nitrogen and oxygen atoms in total. The zero-order valence-corrected chi connectivity index (χ0v) is 26.7. The lowest BCUT2D eigenvalue weighted by Gasteiger charge is -2.25. The van der Waals surface area contributed by atoms with E-state index >= 15 is 0 Å². The van der Waals surface area contributed by atoms with Gasteiger partial charge in [-0.05, 0) is 43.1 Å². The lowest BCUT2D eigenvalue weighted by Crippen LogP contribution is -2.56. The molecule has 0 aromatic heterocycles. The first kappa shape index (κ1) is 37.5. The summed E-state index contributed by atoms with van der Waals surface area (Å²) in [4.78, 5) is 81.4. The number of hydrogen-bond acceptors (Lipinski definition) is 7. The number of carboxylic acid groups (broad SMARTS) is 1. The number of nitrogens with one attached hydrogen (secondary N) is 5. The summed E-state index contributed by atoms with van der Waals surface area (Å²) in [6, 6.07) is 5.37. The van der Waals surface area contributed by atoms with Crippen LogP contribution in [0.15, 0.2) is 35.3 Å². The molecule has 0 bridgehead atoms. The van der Waals surface area contributed by atoms with Crippen LogP contribution in [-0.4, -0.2) is 84.3 Å². The van der Waals surface area contributed by atoms with Crippen LogP contribution in [0.25, 0.3) is 0 Å². The molecule has 15 heteroatoms. The molecular formula is C31H48N8O7. The standard InChI is InChI=1S/C31H48N8O7/c1-18(2)21-12-11-19(3)16-35-29(45)23(14-20-8-5-4-6-9-20)39-30(46)24(15-26(41)42)37-25(40)17-36-28(44)22(38-27(21)43)10-7-13-34-31(32)33/h4-6,8-9,18-19,21-24H,7,10-17H2,1-3H3,(H,35,45)(H,36,44)(H,37,40)(H,38,43)(H,39,46)(H,41,42)(H4,32,33,34)/t19-,21+,22-,23+,24-/m0/s1. The van der Waals surface area contributed by atoms with Gasteiger partial charge in [-0.3, -0.25) is 33.8 Å². The topological polar surface area (TPSA) is 247 Å². The molecule has 10 N–H and O–H groups in total. The van der Waals surface area contributed by atoms with Crippen molar-refractivity contribution in [3.8, 4) is 0 Å². The van der Waals surface area contributed by atoms with E-state index in [0.717, 1.165) is 5.56 Å². The number of hydrogen-bond donors (Lipinski definition) is 8. The molecule has 1 saturated heterocycles. The van der Waals surface area contributed by atoms with Gasteiger partial charge in [-0.2, -0.15) is 0 Å². The highest BCUT2D eigenvalue weighted by atomic mass is 16.4. The first-order valence-electron chi connectivity index (χ1n) is 15.5. The molecule has 0 saturated carbocycles. The Labute approximate surface area is 269 Å². The number of aliphatic carboxylic acids is 1. The highest BCUT2D eigenvalue weighted by Crippen LogP contribution is 2.21. The molecule has 1 aliphatic rings. The molecule has 1 aromatic rings. The van der Waals surface area contributed by atoms with Gasteiger partial charge in [0.15, 0.2) is 5.96 Å². The number of benzene rings is 1. The van der Waals surface area contributed by atoms with Gasteiger partial charge in [-0.25, -0.2) is 0 Å². The summed E-state index contributed by atoms with van der Waals surface area (Å²) in [5.41, 5.74) is 11.5. The van der Waals surface area contributed by atoms with E-state index in [1.165, 1.54) is 0 Å². The summed E-state index contributed by atoms with van der Waals surface area (Å²) < 4.78 is 0. The number of amides is 5. The average molecular weight is 645 g/mol. The van der Waals surface area contributed by atoms with Crippen LogP contribution in [0, 0.1) is 17.8 Å². The van der Waals surface area contributed by atoms with E-state index in [1.807, 2.05) is 26.8 Å². The molecule has 5 amide bonds. The number of guanidine groups is 1. The Kier molecular flexibility index (Phi) is 15.5. The fourth-order valence-corrected chi connectivity index (χ4v) is 5.03. The summed E-state index contributed by atoms with van der Waals surface area (Å²) >= 11 is 0. The van der Waals surface area contributed by atoms with Crippen molar-refractivity contribution in [1.82, 2.24) is 26.6 Å². The van der Waals surface area contributed by atoms with Crippen LogP contribution in [0.3, 0.4) is 0 Å². The lowest BCUT2D eigenvalue weighted by atomic mass is 9.87. The van der Waals surface area contributed by atoms with E-state index in [-0.39, 0.29) is 49.6 Å². The van der Waals surface area contributed by atoms with Crippen molar-refractivity contribution in [2.75, 3.05) is 19.6 Å². The third-order valence-electron chi connectivity index (χ3n) is 7.68. The predicted octanol–water partition coefficient (Wildman–Crippen LogP) is -0.854. The third-order valence-corrected chi connectivity index (χ3v) is 7.68. The molecule has 0 unspecified atom stereocenters. The van der Waals surface area contributed by atoms with Gasteiger partial charge >= 0.3 is 5.97 Å². The van der Waals surface area contributed by atoms with Gasteiger partial charge in [-0.15, -0.1) is 0 Å². The Balaban J connectivity index is 2.36. The molecule has 2 rings (SSSR count). The SMILES string of the molecule is CC(C)[C@H]1CC[C@H](C)CNC(=O)[C@@H](Cc2ccccc2)NC(=O)[C@H](CC(=O)O)NC(=O)CNC(=O)[C@H](CCCN=C(N)N)NC1=O. The highest BCUT2D eigenvalue weighted by molar-refractivity contribution is 5.95. The second-order valence-electron chi connectivity index (χ2n) is 12.0. The number of carbonyl (C=O) groups is 6. The number of nitrogens with zero attached hydrogens (tertiary/aromatic N) is 1. The van der Waals surface area contributed by atoms with Crippen molar-refractivity contribution >= 4 is 41.5 Å². The largest absolute Gasteiger partial charge is 0.481 e. The predicted molar refractivity (Wildman–Crippen MR) is 171 cm³/mol. The molecule has 1 fully saturated rings. The molecule has 254 valence electrons.